The summed E-state index contributed by atoms with van der Waals surface area (Å²) < 4.78 is 0. The van der Waals surface area contributed by atoms with Crippen LogP contribution in [0.25, 0.3) is 0 Å². The topological polar surface area (TPSA) is 0 Å². The number of allylic oxidation sites excluding steroid dienone is 8. The zero-order valence-electron chi connectivity index (χ0n) is 14.6. The van der Waals surface area contributed by atoms with Gasteiger partial charge in [0.1, 0.15) is 0 Å². The quantitative estimate of drug-likeness (QED) is 0.561. The Bertz CT molecular complexity index is 364. The van der Waals surface area contributed by atoms with Crippen LogP contribution in [0, 0.1) is 23.7 Å². The van der Waals surface area contributed by atoms with Crippen LogP contribution in [-0.2, 0) is 0 Å². The Hall–Kier alpha value is -1.04. The lowest BCUT2D eigenvalue weighted by molar-refractivity contribution is 0.706. The van der Waals surface area contributed by atoms with Gasteiger partial charge >= 0.3 is 0 Å². The van der Waals surface area contributed by atoms with Gasteiger partial charge < -0.3 is 0 Å². The van der Waals surface area contributed by atoms with Gasteiger partial charge in [-0.3, -0.25) is 0 Å². The highest BCUT2D eigenvalue weighted by Crippen LogP contribution is 2.31. The van der Waals surface area contributed by atoms with Gasteiger partial charge in [-0.15, -0.1) is 0 Å². The minimum atomic E-state index is 0.572. The minimum absolute atomic E-state index is 0.572. The maximum Gasteiger partial charge on any atom is -0.0216 e. The van der Waals surface area contributed by atoms with Crippen LogP contribution < -0.4 is 0 Å². The van der Waals surface area contributed by atoms with Crippen LogP contribution in [0.15, 0.2) is 46.6 Å². The van der Waals surface area contributed by atoms with Crippen LogP contribution in [0.5, 0.6) is 0 Å². The van der Waals surface area contributed by atoms with E-state index in [-0.39, 0.29) is 0 Å². The summed E-state index contributed by atoms with van der Waals surface area (Å²) in [7, 11) is 0. The van der Waals surface area contributed by atoms with Crippen molar-refractivity contribution in [1.82, 2.24) is 0 Å². The smallest absolute Gasteiger partial charge is 0.0216 e. The highest BCUT2D eigenvalue weighted by Gasteiger charge is 2.15. The van der Waals surface area contributed by atoms with Crippen molar-refractivity contribution < 1.29 is 0 Å². The first-order valence-electron chi connectivity index (χ1n) is 8.09. The second kappa shape index (κ2) is 7.11. The van der Waals surface area contributed by atoms with Gasteiger partial charge in [-0.25, -0.2) is 0 Å². The van der Waals surface area contributed by atoms with E-state index in [1.165, 1.54) is 22.3 Å². The molecule has 1 rings (SSSR count). The first-order valence-corrected chi connectivity index (χ1v) is 8.09. The molecule has 112 valence electrons. The average Bonchev–Trinajstić information content (AvgIpc) is 2.26. The van der Waals surface area contributed by atoms with E-state index in [0.717, 1.165) is 0 Å². The molecule has 0 radical (unpaired) electrons. The van der Waals surface area contributed by atoms with Gasteiger partial charge in [-0.2, -0.15) is 0 Å². The molecule has 1 aliphatic rings. The van der Waals surface area contributed by atoms with E-state index < -0.39 is 0 Å². The van der Waals surface area contributed by atoms with E-state index in [1.807, 2.05) is 0 Å². The first kappa shape index (κ1) is 17.0. The highest BCUT2D eigenvalue weighted by atomic mass is 14.2. The Labute approximate surface area is 126 Å². The summed E-state index contributed by atoms with van der Waals surface area (Å²) in [6, 6.07) is 0. The second-order valence-corrected chi connectivity index (χ2v) is 7.11. The molecule has 1 aliphatic carbocycles. The third kappa shape index (κ3) is 3.98. The number of hydrogen-bond donors (Lipinski definition) is 0. The van der Waals surface area contributed by atoms with Crippen molar-refractivity contribution >= 4 is 0 Å². The molecule has 0 spiro atoms. The van der Waals surface area contributed by atoms with Crippen molar-refractivity contribution in [2.75, 3.05) is 0 Å². The predicted octanol–water partition coefficient (Wildman–Crippen LogP) is 6.33. The van der Waals surface area contributed by atoms with E-state index in [9.17, 15) is 0 Å². The van der Waals surface area contributed by atoms with Gasteiger partial charge in [0.15, 0.2) is 0 Å². The Balaban J connectivity index is 3.41. The van der Waals surface area contributed by atoms with E-state index in [4.69, 9.17) is 0 Å². The van der Waals surface area contributed by atoms with E-state index in [0.29, 0.717) is 23.7 Å². The molecule has 0 heteroatoms. The lowest BCUT2D eigenvalue weighted by Crippen LogP contribution is -2.07. The molecule has 0 aromatic heterocycles. The van der Waals surface area contributed by atoms with Crippen LogP contribution in [-0.4, -0.2) is 0 Å². The molecule has 0 aliphatic heterocycles. The first-order chi connectivity index (χ1) is 9.25. The van der Waals surface area contributed by atoms with Crippen LogP contribution in [0.3, 0.4) is 0 Å². The van der Waals surface area contributed by atoms with Crippen LogP contribution >= 0.6 is 0 Å². The maximum atomic E-state index is 2.36. The Morgan fingerprint density at radius 1 is 0.400 bits per heavy atom. The summed E-state index contributed by atoms with van der Waals surface area (Å²) in [5.74, 6) is 2.29. The van der Waals surface area contributed by atoms with Crippen molar-refractivity contribution in [2.45, 2.75) is 55.4 Å². The fraction of sp³-hybridized carbons (Fsp3) is 0.600. The van der Waals surface area contributed by atoms with Crippen molar-refractivity contribution in [3.05, 3.63) is 46.6 Å². The van der Waals surface area contributed by atoms with Gasteiger partial charge in [0.2, 0.25) is 0 Å². The van der Waals surface area contributed by atoms with Gasteiger partial charge in [0.05, 0.1) is 0 Å². The fourth-order valence-electron chi connectivity index (χ4n) is 2.85. The normalized spacial score (nSPS) is 22.2. The molecule has 0 saturated carbocycles. The molecular formula is C20H32. The summed E-state index contributed by atoms with van der Waals surface area (Å²) in [4.78, 5) is 0. The van der Waals surface area contributed by atoms with Crippen molar-refractivity contribution in [3.63, 3.8) is 0 Å². The predicted molar refractivity (Wildman–Crippen MR) is 91.7 cm³/mol. The van der Waals surface area contributed by atoms with Crippen molar-refractivity contribution in [3.8, 4) is 0 Å². The van der Waals surface area contributed by atoms with Crippen LogP contribution in [0.2, 0.25) is 0 Å². The van der Waals surface area contributed by atoms with Gasteiger partial charge in [0.25, 0.3) is 0 Å². The lowest BCUT2D eigenvalue weighted by atomic mass is 9.83. The monoisotopic (exact) mass is 272 g/mol. The molecular weight excluding hydrogens is 240 g/mol. The molecule has 0 saturated heterocycles. The SMILES string of the molecule is CC(C)C1=C(C(C)C)/C=C\C(C(C)C)=C(\C(C)C)C=C1. The number of rotatable bonds is 4. The lowest BCUT2D eigenvalue weighted by Gasteiger charge is -2.22. The zero-order valence-corrected chi connectivity index (χ0v) is 14.6. The standard InChI is InChI=1S/C20H32/c1-13(2)17-9-10-19(15(5)6)20(16(7)8)12-11-18(17)14(3)4/h9-16H,1-8H3/b10-9-,12-11?,17-9?,18-11?,18-17-,19-10?,20-12?,20-19?. The Kier molecular flexibility index (Phi) is 6.05. The third-order valence-corrected chi connectivity index (χ3v) is 4.04. The molecule has 0 atom stereocenters. The molecule has 0 N–H and O–H groups in total. The van der Waals surface area contributed by atoms with Crippen LogP contribution in [0.1, 0.15) is 55.4 Å². The minimum Gasteiger partial charge on any atom is -0.0587 e. The molecule has 0 aromatic carbocycles. The summed E-state index contributed by atoms with van der Waals surface area (Å²) in [5, 5.41) is 0. The summed E-state index contributed by atoms with van der Waals surface area (Å²) in [6.45, 7) is 18.3. The summed E-state index contributed by atoms with van der Waals surface area (Å²) >= 11 is 0. The van der Waals surface area contributed by atoms with E-state index in [1.54, 1.807) is 0 Å². The highest BCUT2D eigenvalue weighted by molar-refractivity contribution is 5.47. The Morgan fingerprint density at radius 3 is 0.650 bits per heavy atom. The molecule has 0 unspecified atom stereocenters. The molecule has 0 aromatic rings. The molecule has 0 fully saturated rings. The van der Waals surface area contributed by atoms with Crippen molar-refractivity contribution in [1.29, 1.82) is 0 Å². The molecule has 0 heterocycles. The average molecular weight is 272 g/mol. The second-order valence-electron chi connectivity index (χ2n) is 7.11. The number of hydrogen-bond acceptors (Lipinski definition) is 0. The molecule has 0 nitrogen and oxygen atoms in total. The zero-order chi connectivity index (χ0) is 15.4. The summed E-state index contributed by atoms with van der Waals surface area (Å²) in [5.41, 5.74) is 5.93. The van der Waals surface area contributed by atoms with Crippen LogP contribution in [0.4, 0.5) is 0 Å². The van der Waals surface area contributed by atoms with Crippen molar-refractivity contribution in [2.24, 2.45) is 23.7 Å². The van der Waals surface area contributed by atoms with Gasteiger partial charge in [-0.05, 0) is 46.0 Å². The molecule has 20 heavy (non-hydrogen) atoms. The largest absolute Gasteiger partial charge is 0.0587 e. The van der Waals surface area contributed by atoms with Gasteiger partial charge in [0, 0.05) is 0 Å². The molecule has 0 amide bonds. The van der Waals surface area contributed by atoms with E-state index >= 15 is 0 Å². The summed E-state index contributed by atoms with van der Waals surface area (Å²) in [6.07, 6.45) is 9.45. The molecule has 0 bridgehead atoms. The fourth-order valence-corrected chi connectivity index (χ4v) is 2.85. The van der Waals surface area contributed by atoms with E-state index in [2.05, 4.69) is 79.7 Å². The van der Waals surface area contributed by atoms with Gasteiger partial charge in [-0.1, -0.05) is 79.7 Å². The third-order valence-electron chi connectivity index (χ3n) is 4.04. The maximum absolute atomic E-state index is 2.36. The Morgan fingerprint density at radius 2 is 0.550 bits per heavy atom.